The van der Waals surface area contributed by atoms with Crippen molar-refractivity contribution in [1.82, 2.24) is 4.98 Å². The fraction of sp³-hybridized carbons (Fsp3) is 0.500. The summed E-state index contributed by atoms with van der Waals surface area (Å²) in [5, 5.41) is 0. The van der Waals surface area contributed by atoms with E-state index in [1.165, 1.54) is 12.1 Å². The van der Waals surface area contributed by atoms with Crippen molar-refractivity contribution in [2.45, 2.75) is 45.8 Å². The lowest BCUT2D eigenvalue weighted by Crippen LogP contribution is -2.41. The molecule has 0 saturated carbocycles. The molecule has 4 nitrogen and oxygen atoms in total. The van der Waals surface area contributed by atoms with Gasteiger partial charge in [0.25, 0.3) is 0 Å². The molecule has 2 rings (SSSR count). The average molecular weight is 279 g/mol. The van der Waals surface area contributed by atoms with Gasteiger partial charge < -0.3 is 14.3 Å². The maximum Gasteiger partial charge on any atom is 0.525 e. The third-order valence-electron chi connectivity index (χ3n) is 3.93. The lowest BCUT2D eigenvalue weighted by molar-refractivity contribution is 0.00578. The fourth-order valence-corrected chi connectivity index (χ4v) is 1.92. The Morgan fingerprint density at radius 1 is 1.25 bits per heavy atom. The Labute approximate surface area is 118 Å². The number of nitrogens with one attached hydrogen (secondary N) is 1. The minimum absolute atomic E-state index is 0.212. The first kappa shape index (κ1) is 15.0. The lowest BCUT2D eigenvalue weighted by Gasteiger charge is -2.32. The normalized spacial score (nSPS) is 21.3. The van der Waals surface area contributed by atoms with E-state index in [9.17, 15) is 9.18 Å². The molecule has 6 heteroatoms. The molecule has 0 unspecified atom stereocenters. The minimum Gasteiger partial charge on any atom is -0.398 e. The Bertz CT molecular complexity index is 591. The van der Waals surface area contributed by atoms with Crippen LogP contribution in [0, 0.1) is 6.92 Å². The van der Waals surface area contributed by atoms with Gasteiger partial charge in [-0.15, -0.1) is 0 Å². The van der Waals surface area contributed by atoms with Gasteiger partial charge in [0.15, 0.2) is 0 Å². The van der Waals surface area contributed by atoms with Gasteiger partial charge in [0, 0.05) is 11.8 Å². The number of rotatable bonds is 2. The van der Waals surface area contributed by atoms with E-state index in [0.717, 1.165) is 0 Å². The molecule has 1 saturated heterocycles. The number of halogens is 1. The first-order valence-corrected chi connectivity index (χ1v) is 6.55. The van der Waals surface area contributed by atoms with Crippen molar-refractivity contribution in [1.29, 1.82) is 0 Å². The van der Waals surface area contributed by atoms with E-state index in [4.69, 9.17) is 9.31 Å². The summed E-state index contributed by atoms with van der Waals surface area (Å²) < 4.78 is 25.5. The summed E-state index contributed by atoms with van der Waals surface area (Å²) in [5.41, 5.74) is -0.693. The summed E-state index contributed by atoms with van der Waals surface area (Å²) in [6.45, 7) is 9.18. The van der Waals surface area contributed by atoms with Gasteiger partial charge in [-0.3, -0.25) is 4.79 Å². The van der Waals surface area contributed by atoms with Gasteiger partial charge in [-0.05, 0) is 52.3 Å². The zero-order valence-corrected chi connectivity index (χ0v) is 12.4. The van der Waals surface area contributed by atoms with E-state index < -0.39 is 24.0 Å². The average Bonchev–Trinajstić information content (AvgIpc) is 2.52. The van der Waals surface area contributed by atoms with Gasteiger partial charge in [0.1, 0.15) is 5.73 Å². The molecule has 108 valence electrons. The monoisotopic (exact) mass is 279 g/mol. The fourth-order valence-electron chi connectivity index (χ4n) is 1.92. The largest absolute Gasteiger partial charge is 0.525 e. The van der Waals surface area contributed by atoms with Crippen LogP contribution in [0.5, 0.6) is 0 Å². The molecule has 1 aromatic rings. The van der Waals surface area contributed by atoms with E-state index in [0.29, 0.717) is 11.3 Å². The van der Waals surface area contributed by atoms with E-state index in [-0.39, 0.29) is 5.56 Å². The van der Waals surface area contributed by atoms with E-state index >= 15 is 0 Å². The van der Waals surface area contributed by atoms with Crippen LogP contribution in [0.3, 0.4) is 0 Å². The molecule has 0 aliphatic carbocycles. The van der Waals surface area contributed by atoms with Crippen LogP contribution < -0.4 is 5.56 Å². The number of pyridine rings is 1. The van der Waals surface area contributed by atoms with Crippen LogP contribution in [0.15, 0.2) is 22.7 Å². The molecule has 1 aliphatic rings. The second kappa shape index (κ2) is 4.86. The molecule has 0 atom stereocenters. The summed E-state index contributed by atoms with van der Waals surface area (Å²) >= 11 is 0. The van der Waals surface area contributed by atoms with Crippen molar-refractivity contribution in [2.75, 3.05) is 0 Å². The predicted octanol–water partition coefficient (Wildman–Crippen LogP) is 2.63. The highest BCUT2D eigenvalue weighted by molar-refractivity contribution is 6.54. The number of hydrogen-bond donors (Lipinski definition) is 1. The summed E-state index contributed by atoms with van der Waals surface area (Å²) in [5.74, 6) is 0. The maximum atomic E-state index is 14.3. The van der Waals surface area contributed by atoms with Crippen molar-refractivity contribution in [2.24, 2.45) is 0 Å². The molecule has 0 spiro atoms. The van der Waals surface area contributed by atoms with Crippen LogP contribution >= 0.6 is 0 Å². The molecule has 0 radical (unpaired) electrons. The number of H-pyrrole nitrogens is 1. The van der Waals surface area contributed by atoms with E-state index in [2.05, 4.69) is 4.98 Å². The molecule has 0 aromatic carbocycles. The highest BCUT2D eigenvalue weighted by atomic mass is 19.1. The standard InChI is InChI=1S/C14H19BFNO3/c1-9-10(6-7-12(18)17-9)8-11(16)15-19-13(2,3)14(4,5)20-15/h6-8H,1-5H3,(H,17,18). The highest BCUT2D eigenvalue weighted by Crippen LogP contribution is 2.39. The molecule has 1 aliphatic heterocycles. The number of aromatic nitrogens is 1. The van der Waals surface area contributed by atoms with Gasteiger partial charge >= 0.3 is 7.12 Å². The Morgan fingerprint density at radius 2 is 1.80 bits per heavy atom. The highest BCUT2D eigenvalue weighted by Gasteiger charge is 2.53. The van der Waals surface area contributed by atoms with Gasteiger partial charge in [-0.25, -0.2) is 4.39 Å². The molecule has 1 aromatic heterocycles. The second-order valence-electron chi connectivity index (χ2n) is 6.02. The molecule has 2 heterocycles. The van der Waals surface area contributed by atoms with Crippen molar-refractivity contribution >= 4 is 13.2 Å². The first-order chi connectivity index (χ1) is 9.12. The zero-order valence-electron chi connectivity index (χ0n) is 12.4. The summed E-state index contributed by atoms with van der Waals surface area (Å²) in [4.78, 5) is 13.8. The summed E-state index contributed by atoms with van der Waals surface area (Å²) in [6, 6.07) is 2.93. The lowest BCUT2D eigenvalue weighted by atomic mass is 9.86. The molecule has 1 N–H and O–H groups in total. The van der Waals surface area contributed by atoms with E-state index in [1.54, 1.807) is 13.0 Å². The molecule has 20 heavy (non-hydrogen) atoms. The second-order valence-corrected chi connectivity index (χ2v) is 6.02. The predicted molar refractivity (Wildman–Crippen MR) is 77.0 cm³/mol. The number of aryl methyl sites for hydroxylation is 1. The molecular formula is C14H19BFNO3. The van der Waals surface area contributed by atoms with Gasteiger partial charge in [-0.1, -0.05) is 0 Å². The van der Waals surface area contributed by atoms with Crippen LogP contribution in [0.1, 0.15) is 39.0 Å². The van der Waals surface area contributed by atoms with Crippen molar-refractivity contribution < 1.29 is 13.7 Å². The van der Waals surface area contributed by atoms with Crippen LogP contribution in [-0.4, -0.2) is 23.3 Å². The summed E-state index contributed by atoms with van der Waals surface area (Å²) in [6.07, 6.45) is 1.33. The Hall–Kier alpha value is -1.40. The summed E-state index contributed by atoms with van der Waals surface area (Å²) in [7, 11) is -1.02. The maximum absolute atomic E-state index is 14.3. The number of aromatic amines is 1. The SMILES string of the molecule is Cc1[nH]c(=O)ccc1C=C(F)B1OC(C)(C)C(C)(C)O1. The van der Waals surface area contributed by atoms with Crippen molar-refractivity contribution in [3.05, 3.63) is 39.5 Å². The van der Waals surface area contributed by atoms with Crippen LogP contribution in [0.2, 0.25) is 0 Å². The van der Waals surface area contributed by atoms with Gasteiger partial charge in [0.05, 0.1) is 11.2 Å². The van der Waals surface area contributed by atoms with Crippen LogP contribution in [0.25, 0.3) is 6.08 Å². The molecule has 0 amide bonds. The van der Waals surface area contributed by atoms with Gasteiger partial charge in [0.2, 0.25) is 5.56 Å². The van der Waals surface area contributed by atoms with Crippen molar-refractivity contribution in [3.63, 3.8) is 0 Å². The number of hydrogen-bond acceptors (Lipinski definition) is 3. The Balaban J connectivity index is 2.26. The zero-order chi connectivity index (χ0) is 15.1. The first-order valence-electron chi connectivity index (χ1n) is 6.55. The quantitative estimate of drug-likeness (QED) is 0.847. The van der Waals surface area contributed by atoms with Crippen LogP contribution in [-0.2, 0) is 9.31 Å². The molecule has 0 bridgehead atoms. The third-order valence-corrected chi connectivity index (χ3v) is 3.93. The molecule has 1 fully saturated rings. The molecular weight excluding hydrogens is 260 g/mol. The van der Waals surface area contributed by atoms with Gasteiger partial charge in [-0.2, -0.15) is 0 Å². The topological polar surface area (TPSA) is 51.3 Å². The van der Waals surface area contributed by atoms with E-state index in [1.807, 2.05) is 27.7 Å². The van der Waals surface area contributed by atoms with Crippen LogP contribution in [0.4, 0.5) is 4.39 Å². The minimum atomic E-state index is -1.02. The smallest absolute Gasteiger partial charge is 0.398 e. The Kier molecular flexibility index (Phi) is 3.65. The van der Waals surface area contributed by atoms with Crippen molar-refractivity contribution in [3.8, 4) is 0 Å². The Morgan fingerprint density at radius 3 is 2.30 bits per heavy atom. The third kappa shape index (κ3) is 2.71.